The summed E-state index contributed by atoms with van der Waals surface area (Å²) in [6, 6.07) is 1.80. The van der Waals surface area contributed by atoms with Crippen molar-refractivity contribution >= 4 is 23.7 Å². The highest BCUT2D eigenvalue weighted by Gasteiger charge is 2.83. The molecule has 2 saturated carbocycles. The lowest BCUT2D eigenvalue weighted by Crippen LogP contribution is -2.77. The number of Topliss-reactive ketones (excluding diaryl/α,β-unsaturated/α-hetero) is 1. The Labute approximate surface area is 228 Å². The van der Waals surface area contributed by atoms with Gasteiger partial charge >= 0.3 is 17.9 Å². The Morgan fingerprint density at radius 1 is 1.10 bits per heavy atom. The molecule has 212 valence electrons. The standard InChI is InChI=1S/C30H38O9/c1-15-25(34)38-24(17-9-11-35-13-17)27(5)10-8-18-28(6,29(15,27)7)23(33)21(37-16(2)31)22-26(3,4)39-19-12-20(32)36-14-30(18,19)22/h9,11,13,15,18-19,21-22,24H,8,10,12,14H2,1-7H3/t15-,18-,19-,21-,22+,24-,27-,28+,29+,30+/m1/s1. The molecule has 0 amide bonds. The number of fused-ring (bicyclic) bond motifs is 3. The van der Waals surface area contributed by atoms with Gasteiger partial charge in [0.25, 0.3) is 0 Å². The number of cyclic esters (lactones) is 2. The van der Waals surface area contributed by atoms with Gasteiger partial charge in [0.15, 0.2) is 11.9 Å². The van der Waals surface area contributed by atoms with Gasteiger partial charge in [0.05, 0.1) is 36.6 Å². The van der Waals surface area contributed by atoms with Crippen LogP contribution in [-0.4, -0.2) is 48.1 Å². The molecular formula is C30H38O9. The molecule has 0 radical (unpaired) electrons. The van der Waals surface area contributed by atoms with Gasteiger partial charge in [0.1, 0.15) is 12.7 Å². The van der Waals surface area contributed by atoms with E-state index in [1.54, 1.807) is 18.6 Å². The van der Waals surface area contributed by atoms with Crippen LogP contribution in [0.3, 0.4) is 0 Å². The van der Waals surface area contributed by atoms with Crippen LogP contribution in [0.4, 0.5) is 0 Å². The number of furan rings is 1. The van der Waals surface area contributed by atoms with Crippen molar-refractivity contribution in [1.82, 2.24) is 0 Å². The van der Waals surface area contributed by atoms with Crippen LogP contribution < -0.4 is 0 Å². The van der Waals surface area contributed by atoms with Crippen molar-refractivity contribution in [3.8, 4) is 0 Å². The zero-order chi connectivity index (χ0) is 28.3. The van der Waals surface area contributed by atoms with Crippen molar-refractivity contribution in [1.29, 1.82) is 0 Å². The quantitative estimate of drug-likeness (QED) is 0.400. The lowest BCUT2D eigenvalue weighted by molar-refractivity contribution is -0.284. The Bertz CT molecular complexity index is 1250. The molecule has 1 spiro atoms. The molecule has 10 atom stereocenters. The molecule has 39 heavy (non-hydrogen) atoms. The summed E-state index contributed by atoms with van der Waals surface area (Å²) in [7, 11) is 0. The molecule has 2 aliphatic carbocycles. The fourth-order valence-corrected chi connectivity index (χ4v) is 10.1. The number of rotatable bonds is 2. The summed E-state index contributed by atoms with van der Waals surface area (Å²) in [5.74, 6) is -2.91. The van der Waals surface area contributed by atoms with Crippen LogP contribution >= 0.6 is 0 Å². The molecule has 6 rings (SSSR count). The van der Waals surface area contributed by atoms with E-state index in [-0.39, 0.29) is 36.7 Å². The summed E-state index contributed by atoms with van der Waals surface area (Å²) in [4.78, 5) is 53.6. The minimum atomic E-state index is -1.14. The van der Waals surface area contributed by atoms with Crippen molar-refractivity contribution in [2.24, 2.45) is 39.4 Å². The summed E-state index contributed by atoms with van der Waals surface area (Å²) >= 11 is 0. The first-order chi connectivity index (χ1) is 18.2. The molecule has 0 aromatic carbocycles. The third kappa shape index (κ3) is 2.95. The van der Waals surface area contributed by atoms with Crippen molar-refractivity contribution in [2.45, 2.75) is 91.6 Å². The molecule has 9 heteroatoms. The maximum absolute atomic E-state index is 15.0. The van der Waals surface area contributed by atoms with Crippen LogP contribution in [-0.2, 0) is 38.1 Å². The fraction of sp³-hybridized carbons (Fsp3) is 0.733. The molecule has 0 N–H and O–H groups in total. The predicted octanol–water partition coefficient (Wildman–Crippen LogP) is 4.18. The molecule has 1 aromatic rings. The van der Waals surface area contributed by atoms with E-state index in [0.717, 1.165) is 5.56 Å². The van der Waals surface area contributed by atoms with Crippen LogP contribution in [0.5, 0.6) is 0 Å². The largest absolute Gasteiger partial charge is 0.472 e. The predicted molar refractivity (Wildman–Crippen MR) is 135 cm³/mol. The highest BCUT2D eigenvalue weighted by molar-refractivity contribution is 5.94. The molecule has 9 nitrogen and oxygen atoms in total. The van der Waals surface area contributed by atoms with Gasteiger partial charge in [-0.1, -0.05) is 27.7 Å². The van der Waals surface area contributed by atoms with E-state index in [1.165, 1.54) is 6.92 Å². The van der Waals surface area contributed by atoms with Gasteiger partial charge in [0.2, 0.25) is 0 Å². The third-order valence-corrected chi connectivity index (χ3v) is 12.0. The maximum atomic E-state index is 15.0. The van der Waals surface area contributed by atoms with Crippen LogP contribution in [0.15, 0.2) is 23.0 Å². The average Bonchev–Trinajstić information content (AvgIpc) is 3.46. The van der Waals surface area contributed by atoms with E-state index >= 15 is 4.79 Å². The molecule has 5 fully saturated rings. The van der Waals surface area contributed by atoms with Crippen LogP contribution in [0.2, 0.25) is 0 Å². The van der Waals surface area contributed by atoms with Gasteiger partial charge < -0.3 is 23.4 Å². The van der Waals surface area contributed by atoms with E-state index in [1.807, 2.05) is 34.6 Å². The second-order valence-corrected chi connectivity index (χ2v) is 13.6. The zero-order valence-electron chi connectivity index (χ0n) is 23.7. The average molecular weight is 543 g/mol. The van der Waals surface area contributed by atoms with E-state index in [4.69, 9.17) is 23.4 Å². The molecule has 5 aliphatic rings. The number of esters is 3. The van der Waals surface area contributed by atoms with Gasteiger partial charge in [-0.15, -0.1) is 0 Å². The molecular weight excluding hydrogens is 504 g/mol. The van der Waals surface area contributed by atoms with Crippen LogP contribution in [0, 0.1) is 39.4 Å². The first-order valence-corrected chi connectivity index (χ1v) is 13.9. The SMILES string of the molecule is CC(=O)O[C@H]1C(=O)[C@]2(C)[C@@H](CC[C@]3(C)[C@@H](c4ccoc4)OC(=O)[C@@H](C)[C@@]32C)[C@@]23COC(=O)C[C@H]2OC(C)(C)[C@H]13. The summed E-state index contributed by atoms with van der Waals surface area (Å²) in [5, 5.41) is 0. The van der Waals surface area contributed by atoms with Gasteiger partial charge in [-0.2, -0.15) is 0 Å². The second-order valence-electron chi connectivity index (χ2n) is 13.6. The topological polar surface area (TPSA) is 118 Å². The molecule has 0 bridgehead atoms. The Morgan fingerprint density at radius 3 is 2.46 bits per heavy atom. The fourth-order valence-electron chi connectivity index (χ4n) is 10.1. The zero-order valence-corrected chi connectivity index (χ0v) is 23.7. The maximum Gasteiger partial charge on any atom is 0.309 e. The van der Waals surface area contributed by atoms with Gasteiger partial charge in [0, 0.05) is 40.1 Å². The van der Waals surface area contributed by atoms with Crippen molar-refractivity contribution in [3.63, 3.8) is 0 Å². The highest BCUT2D eigenvalue weighted by atomic mass is 16.6. The van der Waals surface area contributed by atoms with Gasteiger partial charge in [-0.05, 0) is 38.7 Å². The second kappa shape index (κ2) is 7.95. The van der Waals surface area contributed by atoms with Gasteiger partial charge in [-0.25, -0.2) is 0 Å². The Morgan fingerprint density at radius 2 is 1.82 bits per heavy atom. The first kappa shape index (κ1) is 26.5. The van der Waals surface area contributed by atoms with E-state index in [2.05, 4.69) is 6.92 Å². The third-order valence-electron chi connectivity index (χ3n) is 12.0. The number of carbonyl (C=O) groups is 4. The lowest BCUT2D eigenvalue weighted by Gasteiger charge is -2.72. The summed E-state index contributed by atoms with van der Waals surface area (Å²) < 4.78 is 29.7. The number of hydrogen-bond acceptors (Lipinski definition) is 9. The van der Waals surface area contributed by atoms with Crippen LogP contribution in [0.1, 0.15) is 79.4 Å². The number of hydrogen-bond donors (Lipinski definition) is 0. The molecule has 3 aliphatic heterocycles. The number of ether oxygens (including phenoxy) is 4. The van der Waals surface area contributed by atoms with E-state index in [0.29, 0.717) is 12.8 Å². The van der Waals surface area contributed by atoms with Crippen molar-refractivity contribution in [2.75, 3.05) is 6.61 Å². The normalized spacial score (nSPS) is 48.1. The van der Waals surface area contributed by atoms with Crippen molar-refractivity contribution < 1.29 is 42.5 Å². The molecule has 4 heterocycles. The van der Waals surface area contributed by atoms with Crippen molar-refractivity contribution in [3.05, 3.63) is 24.2 Å². The Hall–Kier alpha value is -2.68. The minimum Gasteiger partial charge on any atom is -0.472 e. The smallest absolute Gasteiger partial charge is 0.309 e. The molecule has 0 unspecified atom stereocenters. The molecule has 3 saturated heterocycles. The van der Waals surface area contributed by atoms with Crippen LogP contribution in [0.25, 0.3) is 0 Å². The number of carbonyl (C=O) groups excluding carboxylic acids is 4. The Kier molecular flexibility index (Phi) is 5.41. The highest BCUT2D eigenvalue weighted by Crippen LogP contribution is 2.78. The van der Waals surface area contributed by atoms with E-state index in [9.17, 15) is 14.4 Å². The Balaban J connectivity index is 1.61. The minimum absolute atomic E-state index is 0.0662. The lowest BCUT2D eigenvalue weighted by atomic mass is 9.31. The first-order valence-electron chi connectivity index (χ1n) is 13.9. The molecule has 1 aromatic heterocycles. The summed E-state index contributed by atoms with van der Waals surface area (Å²) in [6.07, 6.45) is 2.28. The monoisotopic (exact) mass is 542 g/mol. The van der Waals surface area contributed by atoms with E-state index < -0.39 is 63.4 Å². The summed E-state index contributed by atoms with van der Waals surface area (Å²) in [6.45, 7) is 13.1. The number of ketones is 1. The van der Waals surface area contributed by atoms with Gasteiger partial charge in [-0.3, -0.25) is 19.2 Å². The summed E-state index contributed by atoms with van der Waals surface area (Å²) in [5.41, 5.74) is -3.57.